The van der Waals surface area contributed by atoms with Gasteiger partial charge in [-0.3, -0.25) is 0 Å². The van der Waals surface area contributed by atoms with E-state index in [1.54, 1.807) is 22.9 Å². The van der Waals surface area contributed by atoms with E-state index >= 15 is 0 Å². The van der Waals surface area contributed by atoms with Crippen molar-refractivity contribution in [2.45, 2.75) is 19.4 Å². The lowest BCUT2D eigenvalue weighted by Crippen LogP contribution is -2.15. The molecule has 0 saturated heterocycles. The van der Waals surface area contributed by atoms with Crippen molar-refractivity contribution in [3.63, 3.8) is 0 Å². The average molecular weight is 254 g/mol. The fraction of sp³-hybridized carbons (Fsp3) is 0.250. The van der Waals surface area contributed by atoms with Gasteiger partial charge < -0.3 is 5.73 Å². The molecule has 2 rings (SSSR count). The third-order valence-corrected chi connectivity index (χ3v) is 3.02. The van der Waals surface area contributed by atoms with Gasteiger partial charge in [-0.05, 0) is 12.5 Å². The lowest BCUT2D eigenvalue weighted by molar-refractivity contribution is 0.485. The van der Waals surface area contributed by atoms with E-state index < -0.39 is 0 Å². The molecule has 0 fully saturated rings. The van der Waals surface area contributed by atoms with E-state index in [0.717, 1.165) is 0 Å². The third kappa shape index (κ3) is 2.13. The van der Waals surface area contributed by atoms with Crippen LogP contribution in [0.4, 0.5) is 10.2 Å². The molecule has 2 N–H and O–H groups in total. The fourth-order valence-corrected chi connectivity index (χ4v) is 2.00. The molecule has 1 aromatic carbocycles. The monoisotopic (exact) mass is 253 g/mol. The van der Waals surface area contributed by atoms with Crippen LogP contribution >= 0.6 is 11.6 Å². The van der Waals surface area contributed by atoms with Crippen LogP contribution in [0.1, 0.15) is 24.9 Å². The van der Waals surface area contributed by atoms with E-state index in [0.29, 0.717) is 22.8 Å². The molecule has 0 radical (unpaired) electrons. The predicted molar refractivity (Wildman–Crippen MR) is 66.5 cm³/mol. The van der Waals surface area contributed by atoms with Crippen molar-refractivity contribution in [2.75, 3.05) is 5.73 Å². The molecule has 0 aliphatic carbocycles. The first-order valence-corrected chi connectivity index (χ1v) is 5.75. The maximum absolute atomic E-state index is 13.7. The van der Waals surface area contributed by atoms with Crippen molar-refractivity contribution in [3.05, 3.63) is 46.9 Å². The summed E-state index contributed by atoms with van der Waals surface area (Å²) in [6, 6.07) is 6.38. The summed E-state index contributed by atoms with van der Waals surface area (Å²) in [5, 5.41) is 4.49. The minimum Gasteiger partial charge on any atom is -0.383 e. The lowest BCUT2D eigenvalue weighted by atomic mass is 10.0. The molecular weight excluding hydrogens is 241 g/mol. The predicted octanol–water partition coefficient (Wildman–Crippen LogP) is 3.26. The molecule has 0 saturated carbocycles. The van der Waals surface area contributed by atoms with Gasteiger partial charge in [0.2, 0.25) is 0 Å². The second-order valence-electron chi connectivity index (χ2n) is 3.77. The molecule has 0 bridgehead atoms. The third-order valence-electron chi connectivity index (χ3n) is 2.73. The summed E-state index contributed by atoms with van der Waals surface area (Å²) < 4.78 is 15.3. The van der Waals surface area contributed by atoms with Gasteiger partial charge >= 0.3 is 0 Å². The first-order chi connectivity index (χ1) is 8.15. The second kappa shape index (κ2) is 4.75. The number of halogens is 2. The standard InChI is InChI=1S/C12H13ClFN3/c1-2-11(8-5-3-4-6-10(8)14)17-12(15)9(13)7-16-17/h3-7,11H,2,15H2,1H3. The molecule has 1 unspecified atom stereocenters. The van der Waals surface area contributed by atoms with Gasteiger partial charge in [0.25, 0.3) is 0 Å². The van der Waals surface area contributed by atoms with Crippen LogP contribution in [-0.2, 0) is 0 Å². The highest BCUT2D eigenvalue weighted by atomic mass is 35.5. The molecule has 0 spiro atoms. The Morgan fingerprint density at radius 3 is 2.71 bits per heavy atom. The number of anilines is 1. The quantitative estimate of drug-likeness (QED) is 0.913. The minimum absolute atomic E-state index is 0.233. The zero-order valence-electron chi connectivity index (χ0n) is 9.40. The Morgan fingerprint density at radius 2 is 2.18 bits per heavy atom. The van der Waals surface area contributed by atoms with Gasteiger partial charge in [-0.2, -0.15) is 5.10 Å². The van der Waals surface area contributed by atoms with Crippen LogP contribution in [0.5, 0.6) is 0 Å². The Kier molecular flexibility index (Phi) is 3.33. The van der Waals surface area contributed by atoms with Gasteiger partial charge in [-0.15, -0.1) is 0 Å². The summed E-state index contributed by atoms with van der Waals surface area (Å²) in [5.74, 6) is 0.104. The summed E-state index contributed by atoms with van der Waals surface area (Å²) in [7, 11) is 0. The Hall–Kier alpha value is -1.55. The van der Waals surface area contributed by atoms with Crippen LogP contribution in [0.25, 0.3) is 0 Å². The molecule has 1 heterocycles. The first kappa shape index (κ1) is 11.9. The molecule has 90 valence electrons. The maximum atomic E-state index is 13.7. The molecule has 0 amide bonds. The number of aromatic nitrogens is 2. The summed E-state index contributed by atoms with van der Waals surface area (Å²) in [6.45, 7) is 1.95. The number of nitrogen functional groups attached to an aromatic ring is 1. The van der Waals surface area contributed by atoms with Crippen LogP contribution in [0.15, 0.2) is 30.5 Å². The fourth-order valence-electron chi connectivity index (χ4n) is 1.87. The molecule has 0 aliphatic rings. The smallest absolute Gasteiger partial charge is 0.141 e. The van der Waals surface area contributed by atoms with Crippen LogP contribution < -0.4 is 5.73 Å². The molecule has 1 aromatic heterocycles. The van der Waals surface area contributed by atoms with Crippen molar-refractivity contribution >= 4 is 17.4 Å². The minimum atomic E-state index is -0.259. The summed E-state index contributed by atoms with van der Waals surface area (Å²) in [4.78, 5) is 0. The van der Waals surface area contributed by atoms with E-state index in [1.165, 1.54) is 12.3 Å². The van der Waals surface area contributed by atoms with E-state index in [9.17, 15) is 4.39 Å². The van der Waals surface area contributed by atoms with Crippen LogP contribution in [0.3, 0.4) is 0 Å². The zero-order valence-corrected chi connectivity index (χ0v) is 10.2. The van der Waals surface area contributed by atoms with Crippen molar-refractivity contribution < 1.29 is 4.39 Å². The largest absolute Gasteiger partial charge is 0.383 e. The molecule has 17 heavy (non-hydrogen) atoms. The van der Waals surface area contributed by atoms with E-state index in [2.05, 4.69) is 5.10 Å². The number of nitrogens with two attached hydrogens (primary N) is 1. The highest BCUT2D eigenvalue weighted by molar-refractivity contribution is 6.32. The number of hydrogen-bond donors (Lipinski definition) is 1. The summed E-state index contributed by atoms with van der Waals surface area (Å²) >= 11 is 5.86. The molecule has 1 atom stereocenters. The lowest BCUT2D eigenvalue weighted by Gasteiger charge is -2.18. The van der Waals surface area contributed by atoms with Crippen molar-refractivity contribution in [1.82, 2.24) is 9.78 Å². The van der Waals surface area contributed by atoms with Gasteiger partial charge in [0, 0.05) is 5.56 Å². The number of benzene rings is 1. The van der Waals surface area contributed by atoms with Crippen molar-refractivity contribution in [1.29, 1.82) is 0 Å². The Bertz CT molecular complexity index is 524. The van der Waals surface area contributed by atoms with Gasteiger partial charge in [-0.25, -0.2) is 9.07 Å². The molecule has 2 aromatic rings. The van der Waals surface area contributed by atoms with Crippen molar-refractivity contribution in [2.24, 2.45) is 0 Å². The zero-order chi connectivity index (χ0) is 12.4. The Labute approximate surface area is 104 Å². The first-order valence-electron chi connectivity index (χ1n) is 5.38. The normalized spacial score (nSPS) is 12.6. The van der Waals surface area contributed by atoms with Gasteiger partial charge in [0.1, 0.15) is 16.7 Å². The number of rotatable bonds is 3. The van der Waals surface area contributed by atoms with Gasteiger partial charge in [-0.1, -0.05) is 36.7 Å². The van der Waals surface area contributed by atoms with Crippen molar-refractivity contribution in [3.8, 4) is 0 Å². The van der Waals surface area contributed by atoms with E-state index in [4.69, 9.17) is 17.3 Å². The molecule has 5 heteroatoms. The van der Waals surface area contributed by atoms with E-state index in [1.807, 2.05) is 6.92 Å². The SMILES string of the molecule is CCC(c1ccccc1F)n1ncc(Cl)c1N. The second-order valence-corrected chi connectivity index (χ2v) is 4.18. The van der Waals surface area contributed by atoms with Crippen LogP contribution in [-0.4, -0.2) is 9.78 Å². The maximum Gasteiger partial charge on any atom is 0.141 e. The molecule has 0 aliphatic heterocycles. The topological polar surface area (TPSA) is 43.8 Å². The van der Waals surface area contributed by atoms with Gasteiger partial charge in [0.15, 0.2) is 0 Å². The Balaban J connectivity index is 2.48. The number of nitrogens with zero attached hydrogens (tertiary/aromatic N) is 2. The van der Waals surface area contributed by atoms with E-state index in [-0.39, 0.29) is 11.9 Å². The Morgan fingerprint density at radius 1 is 1.47 bits per heavy atom. The van der Waals surface area contributed by atoms with Crippen LogP contribution in [0.2, 0.25) is 5.02 Å². The highest BCUT2D eigenvalue weighted by Crippen LogP contribution is 2.29. The average Bonchev–Trinajstić information content (AvgIpc) is 2.65. The summed E-state index contributed by atoms with van der Waals surface area (Å²) in [6.07, 6.45) is 2.16. The van der Waals surface area contributed by atoms with Gasteiger partial charge in [0.05, 0.1) is 12.2 Å². The number of hydrogen-bond acceptors (Lipinski definition) is 2. The highest BCUT2D eigenvalue weighted by Gasteiger charge is 2.19. The molecule has 3 nitrogen and oxygen atoms in total. The summed E-state index contributed by atoms with van der Waals surface area (Å²) in [5.41, 5.74) is 6.38. The van der Waals surface area contributed by atoms with Crippen LogP contribution in [0, 0.1) is 5.82 Å². The molecular formula is C12H13ClFN3.